The number of likely N-dealkylation sites (N-methyl/N-ethyl adjacent to an activating group) is 2. The number of fused-ring (bicyclic) bond motifs is 1. The fourth-order valence-electron chi connectivity index (χ4n) is 6.09. The summed E-state index contributed by atoms with van der Waals surface area (Å²) in [7, 11) is 3.45. The van der Waals surface area contributed by atoms with Gasteiger partial charge in [0.25, 0.3) is 0 Å². The summed E-state index contributed by atoms with van der Waals surface area (Å²) < 4.78 is 4.98. The number of aromatic nitrogens is 1. The number of phenolic OH excluding ortho intramolecular Hbond substituents is 1. The van der Waals surface area contributed by atoms with Crippen LogP contribution in [0.5, 0.6) is 5.75 Å². The van der Waals surface area contributed by atoms with E-state index in [0.717, 1.165) is 59.3 Å². The van der Waals surface area contributed by atoms with Crippen LogP contribution in [0.1, 0.15) is 76.8 Å². The van der Waals surface area contributed by atoms with Gasteiger partial charge in [-0.05, 0) is 76.9 Å². The number of aldehydes is 1. The van der Waals surface area contributed by atoms with E-state index in [1.54, 1.807) is 38.2 Å². The van der Waals surface area contributed by atoms with Crippen LogP contribution in [-0.4, -0.2) is 77.0 Å². The molecule has 2 unspecified atom stereocenters. The Balaban J connectivity index is 0.000000314. The summed E-state index contributed by atoms with van der Waals surface area (Å²) in [5.41, 5.74) is 1.43. The lowest BCUT2D eigenvalue weighted by Gasteiger charge is -2.34. The van der Waals surface area contributed by atoms with Gasteiger partial charge in [0.15, 0.2) is 0 Å². The number of thiazole rings is 1. The number of nitrogens with zero attached hydrogens (tertiary/aromatic N) is 3. The highest BCUT2D eigenvalue weighted by Gasteiger charge is 2.38. The highest BCUT2D eigenvalue weighted by atomic mass is 32.1. The molecule has 0 bridgehead atoms. The van der Waals surface area contributed by atoms with E-state index < -0.39 is 11.7 Å². The minimum atomic E-state index is -0.506. The van der Waals surface area contributed by atoms with Crippen LogP contribution in [0, 0.1) is 5.92 Å². The highest BCUT2D eigenvalue weighted by Crippen LogP contribution is 2.39. The third kappa shape index (κ3) is 8.15. The van der Waals surface area contributed by atoms with Crippen LogP contribution in [0.4, 0.5) is 4.79 Å². The van der Waals surface area contributed by atoms with Crippen LogP contribution < -0.4 is 5.32 Å². The SMILES string of the molecule is CN(CC=O)C(=O)OC(C)(C)C.CNC(C(=O)N1CCCC1c1nc(-c2ccc(O)c3ccccc23)cs1)C1CCCCC1. The van der Waals surface area contributed by atoms with E-state index in [0.29, 0.717) is 12.2 Å². The van der Waals surface area contributed by atoms with Gasteiger partial charge in [0.1, 0.15) is 22.6 Å². The van der Waals surface area contributed by atoms with Gasteiger partial charge in [-0.15, -0.1) is 11.3 Å². The molecular weight excluding hydrogens is 576 g/mol. The van der Waals surface area contributed by atoms with Crippen molar-refractivity contribution in [3.05, 3.63) is 46.8 Å². The molecule has 0 spiro atoms. The number of hydrogen-bond acceptors (Lipinski definition) is 8. The Bertz CT molecular complexity index is 1430. The average molecular weight is 623 g/mol. The summed E-state index contributed by atoms with van der Waals surface area (Å²) in [6.45, 7) is 6.21. The first-order chi connectivity index (χ1) is 21.0. The van der Waals surface area contributed by atoms with Crippen LogP contribution >= 0.6 is 11.3 Å². The second-order valence-electron chi connectivity index (χ2n) is 12.6. The maximum Gasteiger partial charge on any atom is 0.410 e. The average Bonchev–Trinajstić information content (AvgIpc) is 3.68. The standard InChI is InChI=1S/C26H31N3O2S.C8H15NO3/c1-27-24(17-8-3-2-4-9-17)26(31)29-15-7-12-22(29)25-28-21(16-32-25)19-13-14-23(30)20-11-6-5-10-18(19)20;1-8(2,3)12-7(11)9(4)5-6-10/h5-6,10-11,13-14,16-17,22,24,27,30H,2-4,7-9,12,15H2,1H3;6H,5H2,1-4H3. The minimum absolute atomic E-state index is 0.0593. The normalized spacial score (nSPS) is 17.9. The van der Waals surface area contributed by atoms with Gasteiger partial charge in [0, 0.05) is 29.9 Å². The molecule has 2 atom stereocenters. The third-order valence-corrected chi connectivity index (χ3v) is 9.22. The van der Waals surface area contributed by atoms with Crippen molar-refractivity contribution in [1.82, 2.24) is 20.1 Å². The predicted molar refractivity (Wildman–Crippen MR) is 175 cm³/mol. The molecule has 9 nitrogen and oxygen atoms in total. The third-order valence-electron chi connectivity index (χ3n) is 8.27. The zero-order chi connectivity index (χ0) is 31.9. The molecule has 2 heterocycles. The van der Waals surface area contributed by atoms with Crippen molar-refractivity contribution in [1.29, 1.82) is 0 Å². The first-order valence-electron chi connectivity index (χ1n) is 15.6. The molecule has 1 aliphatic carbocycles. The number of likely N-dealkylation sites (tertiary alicyclic amines) is 1. The van der Waals surface area contributed by atoms with Crippen LogP contribution in [-0.2, 0) is 14.3 Å². The van der Waals surface area contributed by atoms with Gasteiger partial charge in [-0.1, -0.05) is 43.5 Å². The first kappa shape index (κ1) is 33.4. The minimum Gasteiger partial charge on any atom is -0.507 e. The number of nitrogens with one attached hydrogen (secondary N) is 1. The molecular formula is C34H46N4O5S. The molecule has 1 aliphatic heterocycles. The fraction of sp³-hybridized carbons (Fsp3) is 0.529. The van der Waals surface area contributed by atoms with Crippen molar-refractivity contribution in [2.45, 2.75) is 83.4 Å². The van der Waals surface area contributed by atoms with E-state index >= 15 is 0 Å². The van der Waals surface area contributed by atoms with E-state index in [2.05, 4.69) is 15.6 Å². The zero-order valence-corrected chi connectivity index (χ0v) is 27.4. The number of ether oxygens (including phenoxy) is 1. The first-order valence-corrected chi connectivity index (χ1v) is 16.4. The maximum absolute atomic E-state index is 13.6. The molecule has 2 N–H and O–H groups in total. The molecule has 1 saturated heterocycles. The molecule has 2 fully saturated rings. The van der Waals surface area contributed by atoms with Gasteiger partial charge in [-0.3, -0.25) is 4.79 Å². The van der Waals surface area contributed by atoms with Crippen molar-refractivity contribution in [2.24, 2.45) is 5.92 Å². The molecule has 238 valence electrons. The monoisotopic (exact) mass is 622 g/mol. The number of carbonyl (C=O) groups excluding carboxylic acids is 3. The second-order valence-corrected chi connectivity index (χ2v) is 13.5. The van der Waals surface area contributed by atoms with E-state index in [1.807, 2.05) is 37.4 Å². The summed E-state index contributed by atoms with van der Waals surface area (Å²) in [5, 5.41) is 18.5. The fourth-order valence-corrected chi connectivity index (χ4v) is 7.06. The van der Waals surface area contributed by atoms with E-state index in [9.17, 15) is 19.5 Å². The van der Waals surface area contributed by atoms with Gasteiger partial charge >= 0.3 is 6.09 Å². The Morgan fingerprint density at radius 2 is 1.82 bits per heavy atom. The van der Waals surface area contributed by atoms with Crippen molar-refractivity contribution in [2.75, 3.05) is 27.2 Å². The molecule has 3 aromatic rings. The van der Waals surface area contributed by atoms with E-state index in [4.69, 9.17) is 9.72 Å². The van der Waals surface area contributed by atoms with Crippen LogP contribution in [0.15, 0.2) is 41.8 Å². The van der Waals surface area contributed by atoms with E-state index in [1.165, 1.54) is 31.2 Å². The summed E-state index contributed by atoms with van der Waals surface area (Å²) in [5.74, 6) is 0.972. The van der Waals surface area contributed by atoms with Crippen molar-refractivity contribution < 1.29 is 24.2 Å². The molecule has 1 saturated carbocycles. The molecule has 2 amide bonds. The Kier molecular flexibility index (Phi) is 11.4. The van der Waals surface area contributed by atoms with Gasteiger partial charge in [0.05, 0.1) is 24.3 Å². The van der Waals surface area contributed by atoms with Crippen molar-refractivity contribution in [3.8, 4) is 17.0 Å². The number of rotatable bonds is 7. The molecule has 0 radical (unpaired) electrons. The van der Waals surface area contributed by atoms with Gasteiger partial charge < -0.3 is 29.8 Å². The molecule has 1 aromatic heterocycles. The number of phenols is 1. The zero-order valence-electron chi connectivity index (χ0n) is 26.5. The second kappa shape index (κ2) is 15.0. The lowest BCUT2D eigenvalue weighted by atomic mass is 9.83. The van der Waals surface area contributed by atoms with Gasteiger partial charge in [-0.25, -0.2) is 9.78 Å². The molecule has 2 aromatic carbocycles. The smallest absolute Gasteiger partial charge is 0.410 e. The van der Waals surface area contributed by atoms with Gasteiger partial charge in [0.2, 0.25) is 5.91 Å². The van der Waals surface area contributed by atoms with E-state index in [-0.39, 0.29) is 30.3 Å². The Morgan fingerprint density at radius 3 is 2.48 bits per heavy atom. The lowest BCUT2D eigenvalue weighted by Crippen LogP contribution is -2.49. The Labute approximate surface area is 264 Å². The summed E-state index contributed by atoms with van der Waals surface area (Å²) in [6, 6.07) is 11.5. The number of hydrogen-bond donors (Lipinski definition) is 2. The van der Waals surface area contributed by atoms with Gasteiger partial charge in [-0.2, -0.15) is 0 Å². The largest absolute Gasteiger partial charge is 0.507 e. The maximum atomic E-state index is 13.6. The molecule has 44 heavy (non-hydrogen) atoms. The lowest BCUT2D eigenvalue weighted by molar-refractivity contribution is -0.136. The number of aromatic hydroxyl groups is 1. The summed E-state index contributed by atoms with van der Waals surface area (Å²) >= 11 is 1.64. The Morgan fingerprint density at radius 1 is 1.11 bits per heavy atom. The topological polar surface area (TPSA) is 112 Å². The number of carbonyl (C=O) groups is 3. The quantitative estimate of drug-likeness (QED) is 0.287. The summed E-state index contributed by atoms with van der Waals surface area (Å²) in [4.78, 5) is 43.0. The Hall–Kier alpha value is -3.50. The van der Waals surface area contributed by atoms with Crippen molar-refractivity contribution >= 4 is 40.4 Å². The molecule has 10 heteroatoms. The van der Waals surface area contributed by atoms with Crippen LogP contribution in [0.3, 0.4) is 0 Å². The number of amides is 2. The van der Waals surface area contributed by atoms with Crippen molar-refractivity contribution in [3.63, 3.8) is 0 Å². The molecule has 5 rings (SSSR count). The predicted octanol–water partition coefficient (Wildman–Crippen LogP) is 6.55. The van der Waals surface area contributed by atoms with Crippen LogP contribution in [0.2, 0.25) is 0 Å². The highest BCUT2D eigenvalue weighted by molar-refractivity contribution is 7.10. The van der Waals surface area contributed by atoms with Crippen LogP contribution in [0.25, 0.3) is 22.0 Å². The summed E-state index contributed by atoms with van der Waals surface area (Å²) in [6.07, 6.45) is 8.22. The molecule has 2 aliphatic rings. The number of benzene rings is 2.